The minimum atomic E-state index is -0.809. The number of hydrogen-bond acceptors (Lipinski definition) is 6. The van der Waals surface area contributed by atoms with Crippen LogP contribution in [0.5, 0.6) is 0 Å². The molecular formula is C28H31N3O4S. The Morgan fingerprint density at radius 3 is 2.06 bits per heavy atom. The minimum Gasteiger partial charge on any atom is -0.465 e. The number of amides is 2. The van der Waals surface area contributed by atoms with Gasteiger partial charge in [-0.25, -0.2) is 4.79 Å². The van der Waals surface area contributed by atoms with Gasteiger partial charge in [0.05, 0.1) is 12.7 Å². The molecule has 0 spiro atoms. The average molecular weight is 506 g/mol. The molecule has 3 rings (SSSR count). The van der Waals surface area contributed by atoms with Crippen molar-refractivity contribution >= 4 is 35.4 Å². The Bertz CT molecular complexity index is 1170. The van der Waals surface area contributed by atoms with Gasteiger partial charge in [-0.15, -0.1) is 0 Å². The number of anilines is 1. The number of carbonyl (C=O) groups is 3. The number of benzene rings is 3. The van der Waals surface area contributed by atoms with E-state index in [2.05, 4.69) is 36.1 Å². The van der Waals surface area contributed by atoms with Gasteiger partial charge in [-0.1, -0.05) is 30.3 Å². The second-order valence-electron chi connectivity index (χ2n) is 9.25. The first-order valence-corrected chi connectivity index (χ1v) is 12.3. The number of rotatable bonds is 9. The first-order chi connectivity index (χ1) is 17.1. The smallest absolute Gasteiger partial charge is 0.337 e. The second kappa shape index (κ2) is 12.4. The van der Waals surface area contributed by atoms with Gasteiger partial charge in [0.25, 0.3) is 5.91 Å². The molecule has 0 saturated carbocycles. The molecule has 0 aromatic heterocycles. The summed E-state index contributed by atoms with van der Waals surface area (Å²) >= 11 is 1.52. The molecule has 0 fully saturated rings. The van der Waals surface area contributed by atoms with Crippen molar-refractivity contribution in [2.24, 2.45) is 0 Å². The van der Waals surface area contributed by atoms with Gasteiger partial charge in [0.1, 0.15) is 6.04 Å². The largest absolute Gasteiger partial charge is 0.465 e. The van der Waals surface area contributed by atoms with Crippen LogP contribution in [0.2, 0.25) is 0 Å². The zero-order chi connectivity index (χ0) is 26.1. The lowest BCUT2D eigenvalue weighted by atomic mass is 10.0. The minimum absolute atomic E-state index is 0.0277. The van der Waals surface area contributed by atoms with Crippen molar-refractivity contribution in [1.82, 2.24) is 10.0 Å². The molecule has 3 N–H and O–H groups in total. The summed E-state index contributed by atoms with van der Waals surface area (Å²) in [6.07, 6.45) is 0.322. The quantitative estimate of drug-likeness (QED) is 0.284. The van der Waals surface area contributed by atoms with Crippen LogP contribution in [0.15, 0.2) is 83.8 Å². The molecule has 8 heteroatoms. The van der Waals surface area contributed by atoms with Crippen LogP contribution in [-0.4, -0.2) is 36.5 Å². The summed E-state index contributed by atoms with van der Waals surface area (Å²) in [5, 5.41) is 5.74. The molecule has 188 valence electrons. The fourth-order valence-electron chi connectivity index (χ4n) is 3.22. The summed E-state index contributed by atoms with van der Waals surface area (Å²) in [7, 11) is 1.30. The van der Waals surface area contributed by atoms with E-state index in [1.165, 1.54) is 43.3 Å². The molecule has 36 heavy (non-hydrogen) atoms. The Balaban J connectivity index is 1.71. The van der Waals surface area contributed by atoms with E-state index < -0.39 is 17.9 Å². The Hall–Kier alpha value is -3.62. The SMILES string of the molecule is COC(=O)c1ccc(C(=O)N[C@@H](Cc2ccccc2)C(=O)Nc2ccc(SNC(C)(C)C)cc2)cc1. The monoisotopic (exact) mass is 505 g/mol. The number of nitrogens with one attached hydrogen (secondary N) is 3. The van der Waals surface area contributed by atoms with Crippen molar-refractivity contribution in [1.29, 1.82) is 0 Å². The summed E-state index contributed by atoms with van der Waals surface area (Å²) < 4.78 is 8.04. The van der Waals surface area contributed by atoms with Gasteiger partial charge in [0, 0.05) is 28.1 Å². The van der Waals surface area contributed by atoms with Gasteiger partial charge in [-0.05, 0) is 86.8 Å². The Morgan fingerprint density at radius 2 is 1.47 bits per heavy atom. The van der Waals surface area contributed by atoms with Crippen LogP contribution in [0.3, 0.4) is 0 Å². The number of carbonyl (C=O) groups excluding carboxylic acids is 3. The highest BCUT2D eigenvalue weighted by Crippen LogP contribution is 2.21. The van der Waals surface area contributed by atoms with E-state index in [-0.39, 0.29) is 11.4 Å². The Kier molecular flexibility index (Phi) is 9.27. The molecule has 3 aromatic carbocycles. The number of methoxy groups -OCH3 is 1. The highest BCUT2D eigenvalue weighted by atomic mass is 32.2. The van der Waals surface area contributed by atoms with Crippen molar-refractivity contribution in [3.63, 3.8) is 0 Å². The lowest BCUT2D eigenvalue weighted by Crippen LogP contribution is -2.45. The van der Waals surface area contributed by atoms with Crippen molar-refractivity contribution < 1.29 is 19.1 Å². The van der Waals surface area contributed by atoms with Gasteiger partial charge >= 0.3 is 5.97 Å². The lowest BCUT2D eigenvalue weighted by molar-refractivity contribution is -0.118. The Labute approximate surface area is 216 Å². The normalized spacial score (nSPS) is 11.9. The Morgan fingerprint density at radius 1 is 0.861 bits per heavy atom. The molecule has 0 unspecified atom stereocenters. The highest BCUT2D eigenvalue weighted by molar-refractivity contribution is 7.97. The average Bonchev–Trinajstić information content (AvgIpc) is 2.87. The lowest BCUT2D eigenvalue weighted by Gasteiger charge is -2.20. The summed E-state index contributed by atoms with van der Waals surface area (Å²) in [6.45, 7) is 6.26. The molecule has 1 atom stereocenters. The maximum absolute atomic E-state index is 13.2. The van der Waals surface area contributed by atoms with Crippen LogP contribution in [0.25, 0.3) is 0 Å². The van der Waals surface area contributed by atoms with Crippen LogP contribution in [0, 0.1) is 0 Å². The predicted octanol–water partition coefficient (Wildman–Crippen LogP) is 4.85. The van der Waals surface area contributed by atoms with Crippen molar-refractivity contribution in [2.45, 2.75) is 43.7 Å². The van der Waals surface area contributed by atoms with Gasteiger partial charge < -0.3 is 15.4 Å². The topological polar surface area (TPSA) is 96.5 Å². The molecule has 0 aliphatic rings. The number of hydrogen-bond donors (Lipinski definition) is 3. The molecule has 0 radical (unpaired) electrons. The zero-order valence-corrected chi connectivity index (χ0v) is 21.6. The van der Waals surface area contributed by atoms with Crippen LogP contribution in [-0.2, 0) is 16.0 Å². The molecule has 3 aromatic rings. The third-order valence-electron chi connectivity index (χ3n) is 5.07. The van der Waals surface area contributed by atoms with Crippen LogP contribution >= 0.6 is 11.9 Å². The van der Waals surface area contributed by atoms with Crippen molar-refractivity contribution in [3.8, 4) is 0 Å². The van der Waals surface area contributed by atoms with Crippen LogP contribution in [0.1, 0.15) is 47.1 Å². The zero-order valence-electron chi connectivity index (χ0n) is 20.8. The van der Waals surface area contributed by atoms with E-state index in [0.717, 1.165) is 10.5 Å². The number of ether oxygens (including phenoxy) is 1. The summed E-state index contributed by atoms with van der Waals surface area (Å²) in [4.78, 5) is 38.8. The fraction of sp³-hybridized carbons (Fsp3) is 0.250. The van der Waals surface area contributed by atoms with Crippen molar-refractivity contribution in [3.05, 3.63) is 95.6 Å². The van der Waals surface area contributed by atoms with E-state index in [1.54, 1.807) is 0 Å². The molecule has 0 aliphatic heterocycles. The van der Waals surface area contributed by atoms with Crippen LogP contribution < -0.4 is 15.4 Å². The summed E-state index contributed by atoms with van der Waals surface area (Å²) in [5.74, 6) is -1.23. The maximum atomic E-state index is 13.2. The van der Waals surface area contributed by atoms with Gasteiger partial charge in [-0.3, -0.25) is 14.3 Å². The molecule has 0 aliphatic carbocycles. The predicted molar refractivity (Wildman–Crippen MR) is 143 cm³/mol. The molecular weight excluding hydrogens is 474 g/mol. The standard InChI is InChI=1S/C28H31N3O4S/c1-28(2,3)31-36-23-16-14-22(15-17-23)29-26(33)24(18-19-8-6-5-7-9-19)30-25(32)20-10-12-21(13-11-20)27(34)35-4/h5-17,24,31H,18H2,1-4H3,(H,29,33)(H,30,32)/t24-/m0/s1. The molecule has 0 heterocycles. The molecule has 0 saturated heterocycles. The fourth-order valence-corrected chi connectivity index (χ4v) is 3.92. The molecule has 7 nitrogen and oxygen atoms in total. The van der Waals surface area contributed by atoms with Gasteiger partial charge in [0.2, 0.25) is 5.91 Å². The first kappa shape index (κ1) is 27.0. The second-order valence-corrected chi connectivity index (χ2v) is 10.1. The molecule has 2 amide bonds. The van der Waals surface area contributed by atoms with Gasteiger partial charge in [0.15, 0.2) is 0 Å². The van der Waals surface area contributed by atoms with E-state index in [1.807, 2.05) is 54.6 Å². The van der Waals surface area contributed by atoms with Crippen molar-refractivity contribution in [2.75, 3.05) is 12.4 Å². The highest BCUT2D eigenvalue weighted by Gasteiger charge is 2.22. The number of esters is 1. The van der Waals surface area contributed by atoms with E-state index in [0.29, 0.717) is 23.2 Å². The third kappa shape index (κ3) is 8.25. The van der Waals surface area contributed by atoms with E-state index >= 15 is 0 Å². The third-order valence-corrected chi connectivity index (χ3v) is 6.29. The van der Waals surface area contributed by atoms with E-state index in [9.17, 15) is 14.4 Å². The maximum Gasteiger partial charge on any atom is 0.337 e. The van der Waals surface area contributed by atoms with Crippen LogP contribution in [0.4, 0.5) is 5.69 Å². The van der Waals surface area contributed by atoms with Gasteiger partial charge in [-0.2, -0.15) is 0 Å². The van der Waals surface area contributed by atoms with E-state index in [4.69, 9.17) is 4.74 Å². The first-order valence-electron chi connectivity index (χ1n) is 11.5. The summed E-state index contributed by atoms with van der Waals surface area (Å²) in [5.41, 5.74) is 2.20. The molecule has 0 bridgehead atoms. The summed E-state index contributed by atoms with van der Waals surface area (Å²) in [6, 6.07) is 22.3.